The van der Waals surface area contributed by atoms with Gasteiger partial charge in [-0.15, -0.1) is 0 Å². The van der Waals surface area contributed by atoms with Gasteiger partial charge in [-0.25, -0.2) is 0 Å². The van der Waals surface area contributed by atoms with E-state index in [0.29, 0.717) is 36.8 Å². The molecule has 0 spiro atoms. The summed E-state index contributed by atoms with van der Waals surface area (Å²) in [5, 5.41) is 2.86. The van der Waals surface area contributed by atoms with Crippen LogP contribution in [0.15, 0.2) is 36.4 Å². The van der Waals surface area contributed by atoms with Crippen LogP contribution in [-0.4, -0.2) is 80.6 Å². The Morgan fingerprint density at radius 3 is 2.02 bits per heavy atom. The number of benzene rings is 2. The first-order valence-corrected chi connectivity index (χ1v) is 14.1. The maximum atomic E-state index is 13.7. The first kappa shape index (κ1) is 30.8. The summed E-state index contributed by atoms with van der Waals surface area (Å²) in [6, 6.07) is 10.3. The fourth-order valence-corrected chi connectivity index (χ4v) is 4.97. The van der Waals surface area contributed by atoms with Crippen LogP contribution in [0.2, 0.25) is 0 Å². The minimum atomic E-state index is -0.681. The Hall–Kier alpha value is -3.75. The molecule has 1 saturated heterocycles. The number of hydrogen-bond acceptors (Lipinski definition) is 6. The molecular formula is C31H43N3O6. The molecule has 3 rings (SSSR count). The van der Waals surface area contributed by atoms with E-state index in [1.165, 1.54) is 4.90 Å². The standard InChI is InChI=1S/C31H43N3O6/c1-7-9-15-32-28(35)20-34-21(3)30(36)33(16-10-8-2)25(31(34)37)17-22-11-13-23(14-12-22)24-18-26(38-4)29(40-6)27(19-24)39-5/h11-14,18-19,21,25H,7-10,15-17,20H2,1-6H3,(H,32,35)/t21-,25-/m1/s1. The SMILES string of the molecule is CCCCNC(=O)CN1C(=O)[C@@H](Cc2ccc(-c3cc(OC)c(OC)c(OC)c3)cc2)N(CCCC)C(=O)[C@H]1C. The number of piperazine rings is 1. The zero-order chi connectivity index (χ0) is 29.2. The number of nitrogens with zero attached hydrogens (tertiary/aromatic N) is 2. The number of carbonyl (C=O) groups is 3. The monoisotopic (exact) mass is 553 g/mol. The third-order valence-corrected chi connectivity index (χ3v) is 7.35. The van der Waals surface area contributed by atoms with Crippen LogP contribution in [0.25, 0.3) is 11.1 Å². The number of nitrogens with one attached hydrogen (secondary N) is 1. The predicted octanol–water partition coefficient (Wildman–Crippen LogP) is 4.07. The molecule has 1 fully saturated rings. The Bertz CT molecular complexity index is 1140. The van der Waals surface area contributed by atoms with E-state index in [-0.39, 0.29) is 24.3 Å². The smallest absolute Gasteiger partial charge is 0.246 e. The van der Waals surface area contributed by atoms with Gasteiger partial charge in [0.05, 0.1) is 21.3 Å². The van der Waals surface area contributed by atoms with E-state index >= 15 is 0 Å². The highest BCUT2D eigenvalue weighted by Gasteiger charge is 2.44. The van der Waals surface area contributed by atoms with Gasteiger partial charge in [-0.05, 0) is 48.6 Å². The molecule has 0 aromatic heterocycles. The minimum absolute atomic E-state index is 0.117. The summed E-state index contributed by atoms with van der Waals surface area (Å²) in [5.41, 5.74) is 2.75. The molecule has 0 radical (unpaired) electrons. The van der Waals surface area contributed by atoms with E-state index < -0.39 is 12.1 Å². The van der Waals surface area contributed by atoms with Gasteiger partial charge in [0.25, 0.3) is 0 Å². The van der Waals surface area contributed by atoms with E-state index in [4.69, 9.17) is 14.2 Å². The Labute approximate surface area is 237 Å². The topological polar surface area (TPSA) is 97.4 Å². The highest BCUT2D eigenvalue weighted by atomic mass is 16.5. The first-order valence-electron chi connectivity index (χ1n) is 14.1. The van der Waals surface area contributed by atoms with Crippen molar-refractivity contribution in [3.05, 3.63) is 42.0 Å². The number of hydrogen-bond donors (Lipinski definition) is 1. The molecule has 1 N–H and O–H groups in total. The molecule has 3 amide bonds. The molecule has 0 aliphatic carbocycles. The van der Waals surface area contributed by atoms with Gasteiger partial charge in [-0.3, -0.25) is 14.4 Å². The van der Waals surface area contributed by atoms with E-state index in [1.807, 2.05) is 43.3 Å². The van der Waals surface area contributed by atoms with Crippen molar-refractivity contribution in [3.8, 4) is 28.4 Å². The van der Waals surface area contributed by atoms with Crippen molar-refractivity contribution >= 4 is 17.7 Å². The van der Waals surface area contributed by atoms with E-state index in [9.17, 15) is 14.4 Å². The summed E-state index contributed by atoms with van der Waals surface area (Å²) in [5.74, 6) is 1.10. The summed E-state index contributed by atoms with van der Waals surface area (Å²) >= 11 is 0. The molecule has 1 aliphatic heterocycles. The van der Waals surface area contributed by atoms with Crippen LogP contribution in [-0.2, 0) is 20.8 Å². The lowest BCUT2D eigenvalue weighted by molar-refractivity contribution is -0.162. The zero-order valence-corrected chi connectivity index (χ0v) is 24.6. The van der Waals surface area contributed by atoms with Crippen molar-refractivity contribution in [2.24, 2.45) is 0 Å². The van der Waals surface area contributed by atoms with Crippen LogP contribution >= 0.6 is 0 Å². The van der Waals surface area contributed by atoms with E-state index in [0.717, 1.165) is 42.4 Å². The van der Waals surface area contributed by atoms with Crippen LogP contribution in [0, 0.1) is 0 Å². The van der Waals surface area contributed by atoms with E-state index in [1.54, 1.807) is 33.2 Å². The van der Waals surface area contributed by atoms with Crippen molar-refractivity contribution in [1.82, 2.24) is 15.1 Å². The van der Waals surface area contributed by atoms with Gasteiger partial charge in [0.1, 0.15) is 18.6 Å². The lowest BCUT2D eigenvalue weighted by Gasteiger charge is -2.44. The van der Waals surface area contributed by atoms with Crippen LogP contribution in [0.5, 0.6) is 17.2 Å². The number of carbonyl (C=O) groups excluding carboxylic acids is 3. The quantitative estimate of drug-likeness (QED) is 0.355. The number of amides is 3. The van der Waals surface area contributed by atoms with Gasteiger partial charge in [0, 0.05) is 19.5 Å². The Morgan fingerprint density at radius 2 is 1.48 bits per heavy atom. The highest BCUT2D eigenvalue weighted by molar-refractivity contribution is 5.99. The third-order valence-electron chi connectivity index (χ3n) is 7.35. The second kappa shape index (κ2) is 14.6. The summed E-state index contributed by atoms with van der Waals surface area (Å²) in [6.07, 6.45) is 3.91. The molecule has 0 unspecified atom stereocenters. The molecule has 1 aliphatic rings. The van der Waals surface area contributed by atoms with Crippen molar-refractivity contribution in [2.75, 3.05) is 41.0 Å². The maximum absolute atomic E-state index is 13.7. The highest BCUT2D eigenvalue weighted by Crippen LogP contribution is 2.41. The Morgan fingerprint density at radius 1 is 0.850 bits per heavy atom. The molecule has 2 aromatic rings. The molecule has 40 heavy (non-hydrogen) atoms. The van der Waals surface area contributed by atoms with Gasteiger partial charge in [0.15, 0.2) is 11.5 Å². The summed E-state index contributed by atoms with van der Waals surface area (Å²) in [4.78, 5) is 42.8. The largest absolute Gasteiger partial charge is 0.493 e. The minimum Gasteiger partial charge on any atom is -0.493 e. The number of ether oxygens (including phenoxy) is 3. The zero-order valence-electron chi connectivity index (χ0n) is 24.6. The fraction of sp³-hybridized carbons (Fsp3) is 0.516. The summed E-state index contributed by atoms with van der Waals surface area (Å²) in [7, 11) is 4.72. The Balaban J connectivity index is 1.85. The molecule has 1 heterocycles. The van der Waals surface area contributed by atoms with Crippen LogP contribution in [0.3, 0.4) is 0 Å². The van der Waals surface area contributed by atoms with Crippen LogP contribution in [0.4, 0.5) is 0 Å². The third kappa shape index (κ3) is 7.06. The number of unbranched alkanes of at least 4 members (excludes halogenated alkanes) is 2. The van der Waals surface area contributed by atoms with Crippen molar-refractivity contribution in [3.63, 3.8) is 0 Å². The van der Waals surface area contributed by atoms with Crippen molar-refractivity contribution < 1.29 is 28.6 Å². The Kier molecular flexibility index (Phi) is 11.2. The molecule has 2 atom stereocenters. The fourth-order valence-electron chi connectivity index (χ4n) is 4.97. The van der Waals surface area contributed by atoms with Gasteiger partial charge in [0.2, 0.25) is 23.5 Å². The van der Waals surface area contributed by atoms with Crippen LogP contribution < -0.4 is 19.5 Å². The summed E-state index contributed by atoms with van der Waals surface area (Å²) < 4.78 is 16.4. The van der Waals surface area contributed by atoms with Crippen molar-refractivity contribution in [2.45, 2.75) is 65.0 Å². The lowest BCUT2D eigenvalue weighted by Crippen LogP contribution is -2.65. The second-order valence-electron chi connectivity index (χ2n) is 10.1. The molecule has 9 heteroatoms. The average molecular weight is 554 g/mol. The van der Waals surface area contributed by atoms with Crippen LogP contribution in [0.1, 0.15) is 52.0 Å². The normalized spacial score (nSPS) is 17.1. The number of rotatable bonds is 14. The predicted molar refractivity (Wildman–Crippen MR) is 155 cm³/mol. The second-order valence-corrected chi connectivity index (χ2v) is 10.1. The van der Waals surface area contributed by atoms with Gasteiger partial charge >= 0.3 is 0 Å². The molecule has 0 saturated carbocycles. The maximum Gasteiger partial charge on any atom is 0.246 e. The summed E-state index contributed by atoms with van der Waals surface area (Å²) in [6.45, 7) is 6.77. The van der Waals surface area contributed by atoms with Gasteiger partial charge in [-0.2, -0.15) is 0 Å². The molecule has 218 valence electrons. The molecular weight excluding hydrogens is 510 g/mol. The van der Waals surface area contributed by atoms with Gasteiger partial charge in [-0.1, -0.05) is 51.0 Å². The average Bonchev–Trinajstić information content (AvgIpc) is 2.97. The number of methoxy groups -OCH3 is 3. The lowest BCUT2D eigenvalue weighted by atomic mass is 9.96. The van der Waals surface area contributed by atoms with E-state index in [2.05, 4.69) is 12.2 Å². The van der Waals surface area contributed by atoms with Gasteiger partial charge < -0.3 is 29.3 Å². The molecule has 2 aromatic carbocycles. The molecule has 9 nitrogen and oxygen atoms in total. The first-order chi connectivity index (χ1) is 19.3. The van der Waals surface area contributed by atoms with Crippen molar-refractivity contribution in [1.29, 1.82) is 0 Å². The molecule has 0 bridgehead atoms.